The minimum Gasteiger partial charge on any atom is -0.436 e. The molecule has 0 atom stereocenters. The van der Waals surface area contributed by atoms with E-state index in [0.29, 0.717) is 75.7 Å². The average Bonchev–Trinajstić information content (AvgIpc) is 1.60. The third kappa shape index (κ3) is 18.1. The van der Waals surface area contributed by atoms with Crippen LogP contribution in [-0.2, 0) is 0 Å². The van der Waals surface area contributed by atoms with Crippen LogP contribution in [0.25, 0.3) is 258 Å². The van der Waals surface area contributed by atoms with E-state index in [4.69, 9.17) is 73.1 Å². The second-order valence-corrected chi connectivity index (χ2v) is 34.4. The first-order valence-electron chi connectivity index (χ1n) is 47.1. The molecular weight excluding hydrogens is 1760 g/mol. The van der Waals surface area contributed by atoms with Crippen molar-refractivity contribution >= 4 is 54.8 Å². The largest absolute Gasteiger partial charge is 0.436 e. The summed E-state index contributed by atoms with van der Waals surface area (Å²) >= 11 is 0. The molecule has 143 heavy (non-hydrogen) atoms. The molecule has 0 unspecified atom stereocenters. The molecule has 0 aliphatic rings. The van der Waals surface area contributed by atoms with Crippen LogP contribution in [0.3, 0.4) is 0 Å². The number of fused-ring (bicyclic) bond motifs is 5. The van der Waals surface area contributed by atoms with Crippen molar-refractivity contribution in [1.82, 2.24) is 64.8 Å². The van der Waals surface area contributed by atoms with Crippen LogP contribution in [0.2, 0.25) is 0 Å². The number of pyridine rings is 1. The monoisotopic (exact) mass is 1840 g/mol. The molecule has 0 fully saturated rings. The maximum absolute atomic E-state index is 6.49. The van der Waals surface area contributed by atoms with Crippen molar-refractivity contribution in [3.8, 4) is 204 Å². The Morgan fingerprint density at radius 1 is 0.140 bits per heavy atom. The van der Waals surface area contributed by atoms with Crippen LogP contribution < -0.4 is 0 Å². The highest BCUT2D eigenvalue weighted by Crippen LogP contribution is 2.45. The van der Waals surface area contributed by atoms with Crippen LogP contribution in [0.5, 0.6) is 0 Å². The van der Waals surface area contributed by atoms with Crippen molar-refractivity contribution < 1.29 is 13.3 Å². The summed E-state index contributed by atoms with van der Waals surface area (Å²) in [5.74, 6) is 7.31. The Balaban J connectivity index is 0.000000116. The molecular formula is C127H81N13O3. The standard InChI is InChI=1S/2C44H28N4O.C39H25N5O/c1-4-15-30(16-5-1)41-46-42(31-17-6-2-7-18-31)48-43(47-41)34-23-12-22-33(26-34)38-27-35(37-25-13-21-29-14-10-11-24-36(29)37)28-39-40(38)45-44(49-39)32-19-8-3-9-20-32;1-4-14-31(15-5-1)41-46-42(32-16-6-2-7-17-32)48-43(47-41)33-25-23-30(24-26-33)38-27-35(37-22-12-20-29-13-10-11-21-36(29)37)28-39-40(38)45-44(49-39)34-18-8-3-9-19-34;1-4-12-26(13-5-1)36-42-37(27-14-6-2-7-15-27)44-38(43-36)30-19-10-18-29(22-30)33-23-32(31-20-11-21-40-25-31)24-34-35(33)41-39(45-34)28-16-8-3-9-17-28/h2*1-28H;1-25H. The van der Waals surface area contributed by atoms with Gasteiger partial charge in [-0.25, -0.2) is 59.8 Å². The minimum absolute atomic E-state index is 0.573. The number of hydrogen-bond acceptors (Lipinski definition) is 16. The van der Waals surface area contributed by atoms with Gasteiger partial charge in [0, 0.05) is 101 Å². The lowest BCUT2D eigenvalue weighted by atomic mass is 9.94. The second-order valence-electron chi connectivity index (χ2n) is 34.4. The molecule has 26 rings (SSSR count). The number of nitrogens with zero attached hydrogens (tertiary/aromatic N) is 13. The molecule has 0 spiro atoms. The van der Waals surface area contributed by atoms with Gasteiger partial charge in [-0.3, -0.25) is 4.98 Å². The highest BCUT2D eigenvalue weighted by Gasteiger charge is 2.25. The van der Waals surface area contributed by atoms with E-state index >= 15 is 0 Å². The van der Waals surface area contributed by atoms with Gasteiger partial charge in [-0.2, -0.15) is 0 Å². The van der Waals surface area contributed by atoms with Gasteiger partial charge in [-0.15, -0.1) is 0 Å². The summed E-state index contributed by atoms with van der Waals surface area (Å²) in [6, 6.07) is 162. The maximum Gasteiger partial charge on any atom is 0.227 e. The number of aromatic nitrogens is 13. The van der Waals surface area contributed by atoms with Gasteiger partial charge in [-0.1, -0.05) is 388 Å². The molecule has 16 heteroatoms. The first-order valence-corrected chi connectivity index (χ1v) is 47.1. The van der Waals surface area contributed by atoms with Crippen molar-refractivity contribution in [3.05, 3.63) is 492 Å². The molecule has 0 saturated carbocycles. The zero-order valence-electron chi connectivity index (χ0n) is 76.8. The molecule has 7 aromatic heterocycles. The van der Waals surface area contributed by atoms with E-state index in [1.807, 2.05) is 322 Å². The van der Waals surface area contributed by atoms with Gasteiger partial charge in [0.2, 0.25) is 17.7 Å². The predicted octanol–water partition coefficient (Wildman–Crippen LogP) is 31.7. The van der Waals surface area contributed by atoms with Gasteiger partial charge in [0.15, 0.2) is 69.2 Å². The molecule has 672 valence electrons. The molecule has 0 aliphatic heterocycles. The lowest BCUT2D eigenvalue weighted by Crippen LogP contribution is -2.00. The third-order valence-electron chi connectivity index (χ3n) is 25.2. The van der Waals surface area contributed by atoms with Crippen LogP contribution in [0.15, 0.2) is 505 Å². The van der Waals surface area contributed by atoms with Crippen molar-refractivity contribution in [2.45, 2.75) is 0 Å². The zero-order chi connectivity index (χ0) is 95.1. The summed E-state index contributed by atoms with van der Waals surface area (Å²) in [4.78, 5) is 63.7. The summed E-state index contributed by atoms with van der Waals surface area (Å²) in [5, 5.41) is 4.74. The number of oxazole rings is 3. The summed E-state index contributed by atoms with van der Waals surface area (Å²) in [7, 11) is 0. The Labute approximate surface area is 822 Å². The Hall–Kier alpha value is -19.7. The molecule has 0 bridgehead atoms. The van der Waals surface area contributed by atoms with Crippen LogP contribution in [-0.4, -0.2) is 64.8 Å². The van der Waals surface area contributed by atoms with E-state index in [2.05, 4.69) is 169 Å². The van der Waals surface area contributed by atoms with Crippen molar-refractivity contribution in [2.24, 2.45) is 0 Å². The summed E-state index contributed by atoms with van der Waals surface area (Å²) < 4.78 is 19.3. The Morgan fingerprint density at radius 3 is 0.699 bits per heavy atom. The van der Waals surface area contributed by atoms with Crippen molar-refractivity contribution in [2.75, 3.05) is 0 Å². The number of benzene rings is 19. The van der Waals surface area contributed by atoms with Gasteiger partial charge < -0.3 is 13.3 Å². The fourth-order valence-corrected chi connectivity index (χ4v) is 18.1. The van der Waals surface area contributed by atoms with Gasteiger partial charge in [0.05, 0.1) is 0 Å². The Morgan fingerprint density at radius 2 is 0.378 bits per heavy atom. The predicted molar refractivity (Wildman–Crippen MR) is 573 cm³/mol. The number of hydrogen-bond donors (Lipinski definition) is 0. The van der Waals surface area contributed by atoms with Gasteiger partial charge in [0.25, 0.3) is 0 Å². The highest BCUT2D eigenvalue weighted by atomic mass is 16.4. The van der Waals surface area contributed by atoms with E-state index in [9.17, 15) is 0 Å². The van der Waals surface area contributed by atoms with E-state index in [0.717, 1.165) is 161 Å². The lowest BCUT2D eigenvalue weighted by molar-refractivity contribution is 0.619. The quantitative estimate of drug-likeness (QED) is 0.0783. The SMILES string of the molecule is c1ccc(-c2nc(-c3ccccc3)nc(-c3ccc(-c4cc(-c5cccc6ccccc56)cc5oc(-c6ccccc6)nc45)cc3)n2)cc1.c1ccc(-c2nc(-c3ccccc3)nc(-c3cccc(-c4cc(-c5cccc6ccccc56)cc5oc(-c6ccccc6)nc45)c3)n2)cc1.c1ccc(-c2nc(-c3ccccc3)nc(-c3cccc(-c4cc(-c5cccnc5)cc5oc(-c6ccccc6)nc45)c3)n2)cc1. The molecule has 0 aliphatic carbocycles. The Bertz CT molecular complexity index is 8920. The summed E-state index contributed by atoms with van der Waals surface area (Å²) in [6.45, 7) is 0. The van der Waals surface area contributed by atoms with Crippen molar-refractivity contribution in [1.29, 1.82) is 0 Å². The van der Waals surface area contributed by atoms with E-state index < -0.39 is 0 Å². The topological polar surface area (TPSA) is 207 Å². The lowest BCUT2D eigenvalue weighted by Gasteiger charge is -2.12. The summed E-state index contributed by atoms with van der Waals surface area (Å²) in [5.41, 5.74) is 27.8. The van der Waals surface area contributed by atoms with Gasteiger partial charge >= 0.3 is 0 Å². The molecule has 0 amide bonds. The minimum atomic E-state index is 0.573. The third-order valence-corrected chi connectivity index (χ3v) is 25.2. The molecule has 0 radical (unpaired) electrons. The van der Waals surface area contributed by atoms with Crippen LogP contribution in [0, 0.1) is 0 Å². The first-order chi connectivity index (χ1) is 70.8. The zero-order valence-corrected chi connectivity index (χ0v) is 76.8. The number of rotatable bonds is 18. The molecule has 7 heterocycles. The molecule has 0 N–H and O–H groups in total. The van der Waals surface area contributed by atoms with Crippen molar-refractivity contribution in [3.63, 3.8) is 0 Å². The first kappa shape index (κ1) is 86.2. The van der Waals surface area contributed by atoms with Gasteiger partial charge in [0.1, 0.15) is 16.6 Å². The van der Waals surface area contributed by atoms with Crippen LogP contribution in [0.4, 0.5) is 0 Å². The fourth-order valence-electron chi connectivity index (χ4n) is 18.1. The molecule has 0 saturated heterocycles. The molecule has 19 aromatic carbocycles. The van der Waals surface area contributed by atoms with E-state index in [1.54, 1.807) is 6.20 Å². The van der Waals surface area contributed by atoms with E-state index in [-0.39, 0.29) is 0 Å². The van der Waals surface area contributed by atoms with E-state index in [1.165, 1.54) is 21.5 Å². The average molecular weight is 1840 g/mol. The molecule has 16 nitrogen and oxygen atoms in total. The fraction of sp³-hybridized carbons (Fsp3) is 0. The molecule has 26 aromatic rings. The highest BCUT2D eigenvalue weighted by molar-refractivity contribution is 6.05. The second kappa shape index (κ2) is 38.8. The van der Waals surface area contributed by atoms with Crippen LogP contribution in [0.1, 0.15) is 0 Å². The normalized spacial score (nSPS) is 11.2. The summed E-state index contributed by atoms with van der Waals surface area (Å²) in [6.07, 6.45) is 3.63. The Kier molecular flexibility index (Phi) is 23.4. The van der Waals surface area contributed by atoms with Gasteiger partial charge in [-0.05, 0) is 157 Å². The smallest absolute Gasteiger partial charge is 0.227 e. The maximum atomic E-state index is 6.49. The van der Waals surface area contributed by atoms with Crippen LogP contribution >= 0.6 is 0 Å².